The zero-order valence-electron chi connectivity index (χ0n) is 16.9. The number of benzene rings is 2. The minimum absolute atomic E-state index is 0.0879. The van der Waals surface area contributed by atoms with E-state index in [9.17, 15) is 9.59 Å². The number of hydrogen-bond acceptors (Lipinski definition) is 5. The van der Waals surface area contributed by atoms with E-state index in [4.69, 9.17) is 9.47 Å². The number of amides is 2. The number of likely N-dealkylation sites (N-methyl/N-ethyl adjacent to an activating group) is 1. The SMILES string of the molecule is COc1ccc(NC(=O)[C@H]2c3ccccc3C(=O)N(C)[C@H]2c2cccs2)c(OC)c1. The molecule has 4 rings (SSSR count). The van der Waals surface area contributed by atoms with Gasteiger partial charge in [-0.3, -0.25) is 9.59 Å². The Labute approximate surface area is 179 Å². The third-order valence-corrected chi connectivity index (χ3v) is 6.31. The molecule has 0 bridgehead atoms. The van der Waals surface area contributed by atoms with Gasteiger partial charge >= 0.3 is 0 Å². The number of nitrogens with one attached hydrogen (secondary N) is 1. The molecule has 1 N–H and O–H groups in total. The molecule has 0 fully saturated rings. The molecule has 0 spiro atoms. The molecular formula is C23H22N2O4S. The van der Waals surface area contributed by atoms with Crippen LogP contribution < -0.4 is 14.8 Å². The summed E-state index contributed by atoms with van der Waals surface area (Å²) < 4.78 is 10.7. The van der Waals surface area contributed by atoms with Crippen LogP contribution in [0.15, 0.2) is 60.0 Å². The Balaban J connectivity index is 1.77. The van der Waals surface area contributed by atoms with Gasteiger partial charge < -0.3 is 19.7 Å². The molecule has 1 aliphatic rings. The molecule has 30 heavy (non-hydrogen) atoms. The van der Waals surface area contributed by atoms with Crippen LogP contribution in [0.5, 0.6) is 11.5 Å². The molecule has 2 amide bonds. The molecule has 3 aromatic rings. The van der Waals surface area contributed by atoms with Crippen molar-refractivity contribution in [1.82, 2.24) is 4.90 Å². The molecule has 0 saturated heterocycles. The standard InChI is InChI=1S/C23H22N2O4S/c1-25-21(19-9-6-12-30-19)20(15-7-4-5-8-16(15)23(25)27)22(26)24-17-11-10-14(28-2)13-18(17)29-3/h4-13,20-21H,1-3H3,(H,24,26)/t20-,21-/m0/s1. The third-order valence-electron chi connectivity index (χ3n) is 5.36. The maximum atomic E-state index is 13.6. The van der Waals surface area contributed by atoms with Gasteiger partial charge in [-0.05, 0) is 35.2 Å². The summed E-state index contributed by atoms with van der Waals surface area (Å²) in [5.41, 5.74) is 1.82. The maximum absolute atomic E-state index is 13.6. The summed E-state index contributed by atoms with van der Waals surface area (Å²) in [5.74, 6) is 0.284. The van der Waals surface area contributed by atoms with Gasteiger partial charge in [-0.25, -0.2) is 0 Å². The molecule has 1 aromatic heterocycles. The van der Waals surface area contributed by atoms with E-state index in [1.54, 1.807) is 50.4 Å². The highest BCUT2D eigenvalue weighted by atomic mass is 32.1. The fourth-order valence-electron chi connectivity index (χ4n) is 3.88. The van der Waals surface area contributed by atoms with Crippen LogP contribution in [0.4, 0.5) is 5.69 Å². The van der Waals surface area contributed by atoms with Gasteiger partial charge in [0.15, 0.2) is 0 Å². The monoisotopic (exact) mass is 422 g/mol. The van der Waals surface area contributed by atoms with Gasteiger partial charge in [0.1, 0.15) is 11.5 Å². The fourth-order valence-corrected chi connectivity index (χ4v) is 4.79. The topological polar surface area (TPSA) is 67.9 Å². The lowest BCUT2D eigenvalue weighted by molar-refractivity contribution is -0.119. The molecule has 154 valence electrons. The van der Waals surface area contributed by atoms with Crippen LogP contribution in [0, 0.1) is 0 Å². The van der Waals surface area contributed by atoms with Crippen LogP contribution >= 0.6 is 11.3 Å². The first kappa shape index (κ1) is 20.0. The van der Waals surface area contributed by atoms with Crippen molar-refractivity contribution in [3.8, 4) is 11.5 Å². The Morgan fingerprint density at radius 1 is 1.07 bits per heavy atom. The molecule has 2 heterocycles. The number of hydrogen-bond donors (Lipinski definition) is 1. The molecule has 2 atom stereocenters. The molecule has 7 heteroatoms. The Kier molecular flexibility index (Phi) is 5.46. The number of ether oxygens (including phenoxy) is 2. The smallest absolute Gasteiger partial charge is 0.254 e. The van der Waals surface area contributed by atoms with Crippen molar-refractivity contribution in [2.75, 3.05) is 26.6 Å². The molecule has 0 radical (unpaired) electrons. The second-order valence-corrected chi connectivity index (χ2v) is 7.98. The van der Waals surface area contributed by atoms with Gasteiger partial charge in [0.2, 0.25) is 5.91 Å². The third kappa shape index (κ3) is 3.41. The van der Waals surface area contributed by atoms with E-state index >= 15 is 0 Å². The first-order valence-electron chi connectivity index (χ1n) is 9.47. The van der Waals surface area contributed by atoms with Gasteiger partial charge in [-0.1, -0.05) is 24.3 Å². The molecule has 0 saturated carbocycles. The number of fused-ring (bicyclic) bond motifs is 1. The summed E-state index contributed by atoms with van der Waals surface area (Å²) in [6, 6.07) is 16.0. The number of anilines is 1. The fraction of sp³-hybridized carbons (Fsp3) is 0.217. The van der Waals surface area contributed by atoms with Gasteiger partial charge in [-0.2, -0.15) is 0 Å². The summed E-state index contributed by atoms with van der Waals surface area (Å²) in [5, 5.41) is 4.95. The molecule has 1 aliphatic heterocycles. The van der Waals surface area contributed by atoms with Crippen LogP contribution in [0.1, 0.15) is 32.8 Å². The van der Waals surface area contributed by atoms with Crippen molar-refractivity contribution >= 4 is 28.8 Å². The van der Waals surface area contributed by atoms with Crippen molar-refractivity contribution in [2.45, 2.75) is 12.0 Å². The lowest BCUT2D eigenvalue weighted by Gasteiger charge is -2.39. The summed E-state index contributed by atoms with van der Waals surface area (Å²) in [6.45, 7) is 0. The summed E-state index contributed by atoms with van der Waals surface area (Å²) in [6.07, 6.45) is 0. The predicted octanol–water partition coefficient (Wildman–Crippen LogP) is 4.31. The Bertz CT molecular complexity index is 1080. The Morgan fingerprint density at radius 2 is 1.87 bits per heavy atom. The Hall–Kier alpha value is -3.32. The predicted molar refractivity (Wildman–Crippen MR) is 117 cm³/mol. The van der Waals surface area contributed by atoms with Crippen molar-refractivity contribution in [1.29, 1.82) is 0 Å². The first-order valence-corrected chi connectivity index (χ1v) is 10.4. The lowest BCUT2D eigenvalue weighted by atomic mass is 9.81. The van der Waals surface area contributed by atoms with Crippen LogP contribution in [0.2, 0.25) is 0 Å². The minimum atomic E-state index is -0.561. The number of methoxy groups -OCH3 is 2. The van der Waals surface area contributed by atoms with Crippen LogP contribution in [0.3, 0.4) is 0 Å². The van der Waals surface area contributed by atoms with E-state index in [-0.39, 0.29) is 11.8 Å². The summed E-state index contributed by atoms with van der Waals surface area (Å²) in [4.78, 5) is 29.2. The van der Waals surface area contributed by atoms with Crippen molar-refractivity contribution in [3.05, 3.63) is 76.0 Å². The quantitative estimate of drug-likeness (QED) is 0.665. The molecule has 2 aromatic carbocycles. The highest BCUT2D eigenvalue weighted by Gasteiger charge is 2.43. The van der Waals surface area contributed by atoms with Crippen LogP contribution in [-0.4, -0.2) is 38.0 Å². The first-order chi connectivity index (χ1) is 14.5. The van der Waals surface area contributed by atoms with E-state index in [0.29, 0.717) is 22.7 Å². The van der Waals surface area contributed by atoms with Crippen LogP contribution in [0.25, 0.3) is 0 Å². The van der Waals surface area contributed by atoms with E-state index in [2.05, 4.69) is 5.32 Å². The second-order valence-electron chi connectivity index (χ2n) is 7.00. The van der Waals surface area contributed by atoms with E-state index in [1.807, 2.05) is 35.7 Å². The number of thiophene rings is 1. The molecular weight excluding hydrogens is 400 g/mol. The van der Waals surface area contributed by atoms with Crippen molar-refractivity contribution < 1.29 is 19.1 Å². The largest absolute Gasteiger partial charge is 0.497 e. The Morgan fingerprint density at radius 3 is 2.57 bits per heavy atom. The summed E-state index contributed by atoms with van der Waals surface area (Å²) >= 11 is 1.53. The minimum Gasteiger partial charge on any atom is -0.497 e. The number of carbonyl (C=O) groups is 2. The second kappa shape index (κ2) is 8.20. The molecule has 6 nitrogen and oxygen atoms in total. The van der Waals surface area contributed by atoms with Crippen molar-refractivity contribution in [2.24, 2.45) is 0 Å². The summed E-state index contributed by atoms with van der Waals surface area (Å²) in [7, 11) is 4.86. The van der Waals surface area contributed by atoms with Crippen LogP contribution in [-0.2, 0) is 4.79 Å². The van der Waals surface area contributed by atoms with E-state index in [1.165, 1.54) is 11.3 Å². The molecule has 0 unspecified atom stereocenters. The highest BCUT2D eigenvalue weighted by molar-refractivity contribution is 7.10. The average Bonchev–Trinajstić information content (AvgIpc) is 3.30. The van der Waals surface area contributed by atoms with Gasteiger partial charge in [0.05, 0.1) is 31.9 Å². The zero-order chi connectivity index (χ0) is 21.3. The zero-order valence-corrected chi connectivity index (χ0v) is 17.7. The number of carbonyl (C=O) groups excluding carboxylic acids is 2. The lowest BCUT2D eigenvalue weighted by Crippen LogP contribution is -2.43. The van der Waals surface area contributed by atoms with Crippen molar-refractivity contribution in [3.63, 3.8) is 0 Å². The number of nitrogens with zero attached hydrogens (tertiary/aromatic N) is 1. The highest BCUT2D eigenvalue weighted by Crippen LogP contribution is 2.44. The van der Waals surface area contributed by atoms with Gasteiger partial charge in [-0.15, -0.1) is 11.3 Å². The van der Waals surface area contributed by atoms with E-state index < -0.39 is 12.0 Å². The average molecular weight is 423 g/mol. The van der Waals surface area contributed by atoms with E-state index in [0.717, 1.165) is 10.4 Å². The van der Waals surface area contributed by atoms with Gasteiger partial charge in [0.25, 0.3) is 5.91 Å². The number of rotatable bonds is 5. The molecule has 0 aliphatic carbocycles. The normalized spacial score (nSPS) is 18.0. The van der Waals surface area contributed by atoms with Gasteiger partial charge in [0, 0.05) is 23.6 Å². The maximum Gasteiger partial charge on any atom is 0.254 e.